The molecule has 1 heterocycles. The van der Waals surface area contributed by atoms with Gasteiger partial charge < -0.3 is 4.74 Å². The van der Waals surface area contributed by atoms with Crippen LogP contribution in [0.5, 0.6) is 5.75 Å². The zero-order valence-electron chi connectivity index (χ0n) is 11.0. The number of hydrogen-bond donors (Lipinski definition) is 0. The molecule has 0 saturated heterocycles. The summed E-state index contributed by atoms with van der Waals surface area (Å²) in [4.78, 5) is 0. The van der Waals surface area contributed by atoms with Crippen molar-refractivity contribution in [2.24, 2.45) is 0 Å². The largest absolute Gasteiger partial charge is 0.432 e. The molecule has 0 bridgehead atoms. The molecular formula is C14H17F3O. The maximum Gasteiger partial charge on any atom is 0.432 e. The molecule has 0 N–H and O–H groups in total. The molecule has 0 radical (unpaired) electrons. The highest BCUT2D eigenvalue weighted by Gasteiger charge is 2.57. The highest BCUT2D eigenvalue weighted by Crippen LogP contribution is 2.44. The molecule has 2 rings (SSSR count). The highest BCUT2D eigenvalue weighted by molar-refractivity contribution is 5.43. The third-order valence-electron chi connectivity index (χ3n) is 3.30. The summed E-state index contributed by atoms with van der Waals surface area (Å²) in [6, 6.07) is 5.09. The van der Waals surface area contributed by atoms with Crippen molar-refractivity contribution in [2.45, 2.75) is 51.3 Å². The molecule has 1 atom stereocenters. The molecule has 0 spiro atoms. The van der Waals surface area contributed by atoms with Gasteiger partial charge in [0.15, 0.2) is 0 Å². The van der Waals surface area contributed by atoms with Gasteiger partial charge in [-0.3, -0.25) is 0 Å². The number of alkyl halides is 3. The molecule has 0 aromatic heterocycles. The average Bonchev–Trinajstić information content (AvgIpc) is 2.16. The van der Waals surface area contributed by atoms with Gasteiger partial charge in [0.25, 0.3) is 0 Å². The van der Waals surface area contributed by atoms with Crippen LogP contribution in [0, 0.1) is 0 Å². The number of hydrogen-bond acceptors (Lipinski definition) is 1. The number of ether oxygens (including phenoxy) is 1. The standard InChI is InChI=1S/C14H17F3O/c1-12(2,3)10-6-5-9-8-13(4,15)14(16,17)18-11(9)7-10/h5-7H,8H2,1-4H3. The molecular weight excluding hydrogens is 241 g/mol. The van der Waals surface area contributed by atoms with Crippen LogP contribution in [-0.2, 0) is 11.8 Å². The van der Waals surface area contributed by atoms with E-state index in [9.17, 15) is 13.2 Å². The lowest BCUT2D eigenvalue weighted by atomic mass is 9.84. The summed E-state index contributed by atoms with van der Waals surface area (Å²) in [5, 5.41) is 0. The van der Waals surface area contributed by atoms with Gasteiger partial charge in [-0.15, -0.1) is 0 Å². The van der Waals surface area contributed by atoms with Crippen LogP contribution in [0.25, 0.3) is 0 Å². The molecule has 0 amide bonds. The van der Waals surface area contributed by atoms with Gasteiger partial charge in [-0.25, -0.2) is 4.39 Å². The van der Waals surface area contributed by atoms with Gasteiger partial charge in [-0.1, -0.05) is 32.9 Å². The van der Waals surface area contributed by atoms with Crippen LogP contribution in [0.1, 0.15) is 38.8 Å². The SMILES string of the molecule is CC(C)(C)c1ccc2c(c1)OC(F)(F)C(C)(F)C2. The molecule has 1 aliphatic heterocycles. The van der Waals surface area contributed by atoms with E-state index in [1.54, 1.807) is 12.1 Å². The van der Waals surface area contributed by atoms with E-state index in [1.807, 2.05) is 26.8 Å². The maximum atomic E-state index is 13.8. The van der Waals surface area contributed by atoms with Crippen LogP contribution in [0.2, 0.25) is 0 Å². The molecule has 18 heavy (non-hydrogen) atoms. The zero-order chi connectivity index (χ0) is 13.8. The van der Waals surface area contributed by atoms with Crippen molar-refractivity contribution in [3.05, 3.63) is 29.3 Å². The first-order chi connectivity index (χ1) is 8.03. The monoisotopic (exact) mass is 258 g/mol. The molecule has 1 aromatic rings. The van der Waals surface area contributed by atoms with E-state index in [2.05, 4.69) is 4.74 Å². The van der Waals surface area contributed by atoms with Crippen molar-refractivity contribution >= 4 is 0 Å². The van der Waals surface area contributed by atoms with E-state index in [-0.39, 0.29) is 17.6 Å². The van der Waals surface area contributed by atoms with E-state index >= 15 is 0 Å². The van der Waals surface area contributed by atoms with Crippen LogP contribution >= 0.6 is 0 Å². The van der Waals surface area contributed by atoms with Crippen LogP contribution in [0.15, 0.2) is 18.2 Å². The predicted octanol–water partition coefficient (Wildman–Crippen LogP) is 4.24. The number of rotatable bonds is 0. The summed E-state index contributed by atoms with van der Waals surface area (Å²) < 4.78 is 45.3. The lowest BCUT2D eigenvalue weighted by Gasteiger charge is -2.36. The number of benzene rings is 1. The summed E-state index contributed by atoms with van der Waals surface area (Å²) in [7, 11) is 0. The van der Waals surface area contributed by atoms with Gasteiger partial charge >= 0.3 is 6.11 Å². The van der Waals surface area contributed by atoms with Crippen LogP contribution in [-0.4, -0.2) is 11.8 Å². The Morgan fingerprint density at radius 3 is 2.33 bits per heavy atom. The minimum absolute atomic E-state index is 0.0857. The molecule has 1 nitrogen and oxygen atoms in total. The zero-order valence-corrected chi connectivity index (χ0v) is 11.0. The Kier molecular flexibility index (Phi) is 2.69. The summed E-state index contributed by atoms with van der Waals surface area (Å²) in [6.07, 6.45) is -4.11. The maximum absolute atomic E-state index is 13.8. The van der Waals surface area contributed by atoms with E-state index < -0.39 is 11.8 Å². The second-order valence-corrected chi connectivity index (χ2v) is 6.07. The molecule has 1 aliphatic rings. The first-order valence-corrected chi connectivity index (χ1v) is 5.92. The fraction of sp³-hybridized carbons (Fsp3) is 0.571. The van der Waals surface area contributed by atoms with Crippen molar-refractivity contribution in [1.82, 2.24) is 0 Å². The lowest BCUT2D eigenvalue weighted by Crippen LogP contribution is -2.50. The van der Waals surface area contributed by atoms with Crippen molar-refractivity contribution < 1.29 is 17.9 Å². The fourth-order valence-corrected chi connectivity index (χ4v) is 1.97. The summed E-state index contributed by atoms with van der Waals surface area (Å²) >= 11 is 0. The third-order valence-corrected chi connectivity index (χ3v) is 3.30. The van der Waals surface area contributed by atoms with E-state index in [4.69, 9.17) is 0 Å². The van der Waals surface area contributed by atoms with Gasteiger partial charge in [0.2, 0.25) is 5.67 Å². The van der Waals surface area contributed by atoms with E-state index in [1.165, 1.54) is 0 Å². The second kappa shape index (κ2) is 3.65. The Labute approximate surface area is 105 Å². The first kappa shape index (κ1) is 13.2. The van der Waals surface area contributed by atoms with Gasteiger partial charge in [-0.05, 0) is 29.5 Å². The normalized spacial score (nSPS) is 26.4. The second-order valence-electron chi connectivity index (χ2n) is 6.07. The van der Waals surface area contributed by atoms with Gasteiger partial charge in [0.05, 0.1) is 0 Å². The van der Waals surface area contributed by atoms with Crippen LogP contribution in [0.4, 0.5) is 13.2 Å². The molecule has 100 valence electrons. The van der Waals surface area contributed by atoms with E-state index in [0.717, 1.165) is 12.5 Å². The smallest absolute Gasteiger partial charge is 0.430 e. The van der Waals surface area contributed by atoms with Gasteiger partial charge in [-0.2, -0.15) is 8.78 Å². The van der Waals surface area contributed by atoms with Gasteiger partial charge in [0.1, 0.15) is 5.75 Å². The van der Waals surface area contributed by atoms with Crippen molar-refractivity contribution in [3.8, 4) is 5.75 Å². The van der Waals surface area contributed by atoms with Crippen molar-refractivity contribution in [3.63, 3.8) is 0 Å². The summed E-state index contributed by atoms with van der Waals surface area (Å²) in [5.74, 6) is 0.0857. The Hall–Kier alpha value is -1.19. The third kappa shape index (κ3) is 2.08. The average molecular weight is 258 g/mol. The van der Waals surface area contributed by atoms with Crippen molar-refractivity contribution in [2.75, 3.05) is 0 Å². The summed E-state index contributed by atoms with van der Waals surface area (Å²) in [6.45, 7) is 6.81. The van der Waals surface area contributed by atoms with Crippen LogP contribution in [0.3, 0.4) is 0 Å². The van der Waals surface area contributed by atoms with Crippen molar-refractivity contribution in [1.29, 1.82) is 0 Å². The molecule has 1 aromatic carbocycles. The minimum Gasteiger partial charge on any atom is -0.430 e. The summed E-state index contributed by atoms with van der Waals surface area (Å²) in [5.41, 5.74) is -1.45. The molecule has 0 fully saturated rings. The fourth-order valence-electron chi connectivity index (χ4n) is 1.97. The Balaban J connectivity index is 2.46. The quantitative estimate of drug-likeness (QED) is 0.676. The first-order valence-electron chi connectivity index (χ1n) is 5.92. The lowest BCUT2D eigenvalue weighted by molar-refractivity contribution is -0.265. The molecule has 4 heteroatoms. The minimum atomic E-state index is -3.78. The molecule has 0 saturated carbocycles. The van der Waals surface area contributed by atoms with E-state index in [0.29, 0.717) is 5.56 Å². The molecule has 0 aliphatic carbocycles. The van der Waals surface area contributed by atoms with Crippen LogP contribution < -0.4 is 4.74 Å². The topological polar surface area (TPSA) is 9.23 Å². The molecule has 1 unspecified atom stereocenters. The number of fused-ring (bicyclic) bond motifs is 1. The highest BCUT2D eigenvalue weighted by atomic mass is 19.3. The number of halogens is 3. The Bertz CT molecular complexity index is 472. The Morgan fingerprint density at radius 2 is 1.78 bits per heavy atom. The Morgan fingerprint density at radius 1 is 1.17 bits per heavy atom. The predicted molar refractivity (Wildman–Crippen MR) is 63.9 cm³/mol. The van der Waals surface area contributed by atoms with Gasteiger partial charge in [0, 0.05) is 6.42 Å².